The minimum absolute atomic E-state index is 0.0744. The summed E-state index contributed by atoms with van der Waals surface area (Å²) in [5.74, 6) is -0.558. The van der Waals surface area contributed by atoms with Gasteiger partial charge in [-0.2, -0.15) is 0 Å². The Morgan fingerprint density at radius 2 is 1.68 bits per heavy atom. The lowest BCUT2D eigenvalue weighted by Crippen LogP contribution is -2.23. The number of hydrogen-bond acceptors (Lipinski definition) is 3. The quantitative estimate of drug-likeness (QED) is 0.858. The van der Waals surface area contributed by atoms with Gasteiger partial charge in [-0.1, -0.05) is 18.2 Å². The average Bonchev–Trinajstić information content (AvgIpc) is 2.54. The molecular weight excluding hydrogens is 278 g/mol. The first-order valence-corrected chi connectivity index (χ1v) is 7.02. The summed E-state index contributed by atoms with van der Waals surface area (Å²) >= 11 is 0. The highest BCUT2D eigenvalue weighted by Crippen LogP contribution is 2.12. The third-order valence-electron chi connectivity index (χ3n) is 3.32. The molecule has 5 nitrogen and oxygen atoms in total. The van der Waals surface area contributed by atoms with E-state index in [0.29, 0.717) is 24.2 Å². The molecule has 0 saturated heterocycles. The van der Waals surface area contributed by atoms with Gasteiger partial charge in [-0.05, 0) is 36.4 Å². The third-order valence-corrected chi connectivity index (χ3v) is 3.32. The van der Waals surface area contributed by atoms with Crippen molar-refractivity contribution in [2.45, 2.75) is 6.42 Å². The van der Waals surface area contributed by atoms with Crippen LogP contribution in [0.3, 0.4) is 0 Å². The van der Waals surface area contributed by atoms with E-state index in [1.807, 2.05) is 42.3 Å². The molecule has 0 aliphatic rings. The van der Waals surface area contributed by atoms with Crippen LogP contribution in [-0.4, -0.2) is 25.4 Å². The van der Waals surface area contributed by atoms with Gasteiger partial charge in [0.25, 0.3) is 0 Å². The Morgan fingerprint density at radius 3 is 2.27 bits per heavy atom. The lowest BCUT2D eigenvalue weighted by molar-refractivity contribution is -0.116. The number of hydrogen-bond donors (Lipinski definition) is 2. The molecule has 0 spiro atoms. The van der Waals surface area contributed by atoms with Crippen LogP contribution < -0.4 is 16.0 Å². The van der Waals surface area contributed by atoms with E-state index in [0.717, 1.165) is 5.69 Å². The number of nitrogens with one attached hydrogen (secondary N) is 1. The van der Waals surface area contributed by atoms with E-state index in [-0.39, 0.29) is 5.91 Å². The van der Waals surface area contributed by atoms with Crippen molar-refractivity contribution in [3.8, 4) is 0 Å². The SMILES string of the molecule is CN(CCC(=O)Nc1ccc(C(N)=O)cc1)c1ccccc1. The Kier molecular flexibility index (Phi) is 5.14. The molecule has 0 atom stereocenters. The number of amides is 2. The average molecular weight is 297 g/mol. The van der Waals surface area contributed by atoms with E-state index in [1.54, 1.807) is 24.3 Å². The van der Waals surface area contributed by atoms with Gasteiger partial charge < -0.3 is 16.0 Å². The topological polar surface area (TPSA) is 75.4 Å². The number of benzene rings is 2. The van der Waals surface area contributed by atoms with Crippen LogP contribution in [0.2, 0.25) is 0 Å². The molecule has 2 aromatic rings. The van der Waals surface area contributed by atoms with E-state index in [1.165, 1.54) is 0 Å². The zero-order chi connectivity index (χ0) is 15.9. The minimum Gasteiger partial charge on any atom is -0.374 e. The van der Waals surface area contributed by atoms with Crippen LogP contribution in [0.25, 0.3) is 0 Å². The van der Waals surface area contributed by atoms with Crippen molar-refractivity contribution in [1.82, 2.24) is 0 Å². The molecule has 0 aliphatic heterocycles. The Bertz CT molecular complexity index is 639. The standard InChI is InChI=1S/C17H19N3O2/c1-20(15-5-3-2-4-6-15)12-11-16(21)19-14-9-7-13(8-10-14)17(18)22/h2-10H,11-12H2,1H3,(H2,18,22)(H,19,21). The van der Waals surface area contributed by atoms with Crippen LogP contribution in [0.1, 0.15) is 16.8 Å². The molecule has 5 heteroatoms. The summed E-state index contributed by atoms with van der Waals surface area (Å²) in [6.07, 6.45) is 0.378. The normalized spacial score (nSPS) is 10.0. The summed E-state index contributed by atoms with van der Waals surface area (Å²) in [6.45, 7) is 0.620. The predicted molar refractivity (Wildman–Crippen MR) is 87.9 cm³/mol. The van der Waals surface area contributed by atoms with Gasteiger partial charge in [-0.25, -0.2) is 0 Å². The molecule has 2 aromatic carbocycles. The van der Waals surface area contributed by atoms with Crippen molar-refractivity contribution in [1.29, 1.82) is 0 Å². The lowest BCUT2D eigenvalue weighted by Gasteiger charge is -2.18. The van der Waals surface area contributed by atoms with Crippen molar-refractivity contribution in [2.75, 3.05) is 23.8 Å². The monoisotopic (exact) mass is 297 g/mol. The van der Waals surface area contributed by atoms with Crippen LogP contribution in [0, 0.1) is 0 Å². The first-order chi connectivity index (χ1) is 10.6. The molecule has 0 aliphatic carbocycles. The zero-order valence-corrected chi connectivity index (χ0v) is 12.5. The Hall–Kier alpha value is -2.82. The van der Waals surface area contributed by atoms with E-state index >= 15 is 0 Å². The lowest BCUT2D eigenvalue weighted by atomic mass is 10.2. The van der Waals surface area contributed by atoms with Crippen LogP contribution >= 0.6 is 0 Å². The second-order valence-electron chi connectivity index (χ2n) is 5.00. The fourth-order valence-corrected chi connectivity index (χ4v) is 2.02. The first kappa shape index (κ1) is 15.6. The number of nitrogens with two attached hydrogens (primary N) is 1. The van der Waals surface area contributed by atoms with Gasteiger partial charge in [0.2, 0.25) is 11.8 Å². The zero-order valence-electron chi connectivity index (χ0n) is 12.5. The van der Waals surface area contributed by atoms with Gasteiger partial charge in [0, 0.05) is 37.0 Å². The third kappa shape index (κ3) is 4.34. The number of primary amides is 1. The molecule has 2 rings (SSSR count). The second-order valence-corrected chi connectivity index (χ2v) is 5.00. The van der Waals surface area contributed by atoms with Crippen LogP contribution in [0.15, 0.2) is 54.6 Å². The molecule has 0 heterocycles. The molecule has 0 radical (unpaired) electrons. The predicted octanol–water partition coefficient (Wildman–Crippen LogP) is 2.25. The van der Waals surface area contributed by atoms with Gasteiger partial charge in [-0.15, -0.1) is 0 Å². The maximum atomic E-state index is 11.9. The molecule has 0 saturated carbocycles. The summed E-state index contributed by atoms with van der Waals surface area (Å²) in [6, 6.07) is 16.4. The molecule has 22 heavy (non-hydrogen) atoms. The van der Waals surface area contributed by atoms with Crippen molar-refractivity contribution < 1.29 is 9.59 Å². The molecule has 0 aromatic heterocycles. The molecule has 3 N–H and O–H groups in total. The molecule has 0 bridgehead atoms. The summed E-state index contributed by atoms with van der Waals surface area (Å²) < 4.78 is 0. The summed E-state index contributed by atoms with van der Waals surface area (Å²) in [7, 11) is 1.95. The van der Waals surface area contributed by atoms with Crippen molar-refractivity contribution in [3.05, 3.63) is 60.2 Å². The molecule has 114 valence electrons. The van der Waals surface area contributed by atoms with Gasteiger partial charge in [-0.3, -0.25) is 9.59 Å². The minimum atomic E-state index is -0.484. The summed E-state index contributed by atoms with van der Waals surface area (Å²) in [5, 5.41) is 2.80. The fraction of sp³-hybridized carbons (Fsp3) is 0.176. The van der Waals surface area contributed by atoms with Gasteiger partial charge in [0.05, 0.1) is 0 Å². The Balaban J connectivity index is 1.84. The maximum Gasteiger partial charge on any atom is 0.248 e. The van der Waals surface area contributed by atoms with Crippen molar-refractivity contribution in [2.24, 2.45) is 5.73 Å². The van der Waals surface area contributed by atoms with Crippen LogP contribution in [0.5, 0.6) is 0 Å². The smallest absolute Gasteiger partial charge is 0.248 e. The number of anilines is 2. The molecular formula is C17H19N3O2. The number of carbonyl (C=O) groups is 2. The highest BCUT2D eigenvalue weighted by atomic mass is 16.2. The highest BCUT2D eigenvalue weighted by Gasteiger charge is 2.06. The van der Waals surface area contributed by atoms with Gasteiger partial charge in [0.15, 0.2) is 0 Å². The highest BCUT2D eigenvalue weighted by molar-refractivity contribution is 5.94. The van der Waals surface area contributed by atoms with Crippen molar-refractivity contribution >= 4 is 23.2 Å². The number of carbonyl (C=O) groups excluding carboxylic acids is 2. The largest absolute Gasteiger partial charge is 0.374 e. The fourth-order valence-electron chi connectivity index (χ4n) is 2.02. The van der Waals surface area contributed by atoms with Gasteiger partial charge >= 0.3 is 0 Å². The maximum absolute atomic E-state index is 11.9. The number of rotatable bonds is 6. The first-order valence-electron chi connectivity index (χ1n) is 7.02. The Labute approximate surface area is 129 Å². The number of nitrogens with zero attached hydrogens (tertiary/aromatic N) is 1. The van der Waals surface area contributed by atoms with Crippen LogP contribution in [-0.2, 0) is 4.79 Å². The van der Waals surface area contributed by atoms with Crippen molar-refractivity contribution in [3.63, 3.8) is 0 Å². The number of para-hydroxylation sites is 1. The van der Waals surface area contributed by atoms with Crippen LogP contribution in [0.4, 0.5) is 11.4 Å². The van der Waals surface area contributed by atoms with E-state index in [2.05, 4.69) is 5.32 Å². The molecule has 0 unspecified atom stereocenters. The summed E-state index contributed by atoms with van der Waals surface area (Å²) in [4.78, 5) is 24.9. The second kappa shape index (κ2) is 7.26. The van der Waals surface area contributed by atoms with Gasteiger partial charge in [0.1, 0.15) is 0 Å². The van der Waals surface area contributed by atoms with E-state index in [9.17, 15) is 9.59 Å². The summed E-state index contributed by atoms with van der Waals surface area (Å²) in [5.41, 5.74) is 7.31. The molecule has 0 fully saturated rings. The Morgan fingerprint density at radius 1 is 1.05 bits per heavy atom. The molecule has 2 amide bonds. The van der Waals surface area contributed by atoms with E-state index in [4.69, 9.17) is 5.73 Å². The van der Waals surface area contributed by atoms with E-state index < -0.39 is 5.91 Å².